The van der Waals surface area contributed by atoms with Crippen LogP contribution in [0.2, 0.25) is 0 Å². The quantitative estimate of drug-likeness (QED) is 0.377. The van der Waals surface area contributed by atoms with Crippen molar-refractivity contribution < 1.29 is 19.1 Å². The van der Waals surface area contributed by atoms with Crippen molar-refractivity contribution in [3.05, 3.63) is 0 Å². The minimum Gasteiger partial charge on any atom is -0.375 e. The molecule has 0 aliphatic heterocycles. The number of rotatable bonds is 12. The summed E-state index contributed by atoms with van der Waals surface area (Å²) in [7, 11) is 1.69. The van der Waals surface area contributed by atoms with Crippen LogP contribution in [-0.2, 0) is 19.1 Å². The van der Waals surface area contributed by atoms with Gasteiger partial charge in [-0.3, -0.25) is 19.1 Å². The number of carbonyl (C=O) groups is 3. The fourth-order valence-electron chi connectivity index (χ4n) is 2.30. The van der Waals surface area contributed by atoms with Crippen molar-refractivity contribution in [1.82, 2.24) is 15.4 Å². The smallest absolute Gasteiger partial charge is 0.246 e. The van der Waals surface area contributed by atoms with E-state index in [1.807, 2.05) is 69.2 Å². The second-order valence-corrected chi connectivity index (χ2v) is 9.34. The van der Waals surface area contributed by atoms with E-state index in [9.17, 15) is 14.4 Å². The SMILES string of the molecule is CC.CC.CNC(CCC(=O)NC(C(C)=O)C(C)C)C(=O)NSC(C)COC(C)(C)C. The lowest BCUT2D eigenvalue weighted by molar-refractivity contribution is -0.128. The third kappa shape index (κ3) is 19.3. The molecular weight excluding hydrogens is 414 g/mol. The molecule has 0 aromatic carbocycles. The number of ether oxygens (including phenoxy) is 1. The van der Waals surface area contributed by atoms with Crippen LogP contribution < -0.4 is 15.4 Å². The van der Waals surface area contributed by atoms with Crippen molar-refractivity contribution in [3.63, 3.8) is 0 Å². The molecule has 3 unspecified atom stereocenters. The molecule has 0 saturated carbocycles. The molecule has 0 aliphatic carbocycles. The Labute approximate surface area is 195 Å². The average molecular weight is 464 g/mol. The Hall–Kier alpha value is -1.12. The van der Waals surface area contributed by atoms with Crippen molar-refractivity contribution in [2.24, 2.45) is 5.92 Å². The number of hydrogen-bond acceptors (Lipinski definition) is 6. The molecule has 3 N–H and O–H groups in total. The van der Waals surface area contributed by atoms with E-state index in [1.54, 1.807) is 7.05 Å². The Morgan fingerprint density at radius 2 is 1.52 bits per heavy atom. The predicted molar refractivity (Wildman–Crippen MR) is 133 cm³/mol. The van der Waals surface area contributed by atoms with Gasteiger partial charge in [0.15, 0.2) is 5.78 Å². The number of amides is 2. The maximum absolute atomic E-state index is 12.3. The Bertz CT molecular complexity index is 494. The second kappa shape index (κ2) is 19.6. The molecule has 0 aromatic heterocycles. The first-order valence-corrected chi connectivity index (χ1v) is 12.3. The molecule has 7 nitrogen and oxygen atoms in total. The van der Waals surface area contributed by atoms with Crippen LogP contribution >= 0.6 is 11.9 Å². The van der Waals surface area contributed by atoms with Crippen LogP contribution in [-0.4, -0.2) is 54.2 Å². The van der Waals surface area contributed by atoms with Gasteiger partial charge in [0.25, 0.3) is 0 Å². The van der Waals surface area contributed by atoms with Gasteiger partial charge in [-0.15, -0.1) is 0 Å². The Balaban J connectivity index is -0.00000184. The molecule has 31 heavy (non-hydrogen) atoms. The maximum atomic E-state index is 12.3. The van der Waals surface area contributed by atoms with E-state index in [1.165, 1.54) is 18.9 Å². The maximum Gasteiger partial charge on any atom is 0.246 e. The summed E-state index contributed by atoms with van der Waals surface area (Å²) in [6, 6.07) is -0.965. The summed E-state index contributed by atoms with van der Waals surface area (Å²) in [5.74, 6) is -0.436. The van der Waals surface area contributed by atoms with E-state index >= 15 is 0 Å². The largest absolute Gasteiger partial charge is 0.375 e. The predicted octanol–water partition coefficient (Wildman–Crippen LogP) is 4.10. The molecule has 2 amide bonds. The first-order valence-electron chi connectivity index (χ1n) is 11.4. The van der Waals surface area contributed by atoms with E-state index in [0.717, 1.165) is 0 Å². The normalized spacial score (nSPS) is 13.6. The Kier molecular flexibility index (Phi) is 21.8. The third-order valence-electron chi connectivity index (χ3n) is 3.86. The van der Waals surface area contributed by atoms with E-state index in [4.69, 9.17) is 4.74 Å². The van der Waals surface area contributed by atoms with Crippen molar-refractivity contribution in [3.8, 4) is 0 Å². The van der Waals surface area contributed by atoms with Crippen molar-refractivity contribution in [1.29, 1.82) is 0 Å². The van der Waals surface area contributed by atoms with Gasteiger partial charge in [0, 0.05) is 11.7 Å². The van der Waals surface area contributed by atoms with E-state index < -0.39 is 12.1 Å². The van der Waals surface area contributed by atoms with Crippen LogP contribution in [0.15, 0.2) is 0 Å². The van der Waals surface area contributed by atoms with Gasteiger partial charge in [0.05, 0.1) is 24.3 Å². The molecule has 0 heterocycles. The van der Waals surface area contributed by atoms with Crippen LogP contribution in [0.4, 0.5) is 0 Å². The molecule has 3 atom stereocenters. The summed E-state index contributed by atoms with van der Waals surface area (Å²) in [5.41, 5.74) is -0.215. The average Bonchev–Trinajstić information content (AvgIpc) is 2.71. The number of carbonyl (C=O) groups excluding carboxylic acids is 3. The molecule has 0 spiro atoms. The zero-order chi connectivity index (χ0) is 25.2. The summed E-state index contributed by atoms with van der Waals surface area (Å²) in [6.07, 6.45) is 0.521. The number of likely N-dealkylation sites (N-methyl/N-ethyl adjacent to an activating group) is 1. The number of hydrogen-bond donors (Lipinski definition) is 3. The van der Waals surface area contributed by atoms with E-state index in [2.05, 4.69) is 15.4 Å². The fraction of sp³-hybridized carbons (Fsp3) is 0.870. The van der Waals surface area contributed by atoms with Gasteiger partial charge in [0.1, 0.15) is 0 Å². The molecule has 0 radical (unpaired) electrons. The number of Topliss-reactive ketones (excluding diaryl/α,β-unsaturated/α-hetero) is 1. The molecule has 0 saturated heterocycles. The van der Waals surface area contributed by atoms with Crippen molar-refractivity contribution >= 4 is 29.5 Å². The van der Waals surface area contributed by atoms with Gasteiger partial charge in [-0.05, 0) is 66.0 Å². The van der Waals surface area contributed by atoms with Crippen molar-refractivity contribution in [2.75, 3.05) is 13.7 Å². The lowest BCUT2D eigenvalue weighted by atomic mass is 10.0. The molecule has 0 fully saturated rings. The summed E-state index contributed by atoms with van der Waals surface area (Å²) in [4.78, 5) is 36.0. The van der Waals surface area contributed by atoms with Crippen molar-refractivity contribution in [2.45, 2.75) is 112 Å². The first-order chi connectivity index (χ1) is 14.4. The molecule has 0 rings (SSSR count). The minimum atomic E-state index is -0.487. The highest BCUT2D eigenvalue weighted by Crippen LogP contribution is 2.13. The van der Waals surface area contributed by atoms with Gasteiger partial charge in [0.2, 0.25) is 11.8 Å². The highest BCUT2D eigenvalue weighted by molar-refractivity contribution is 7.98. The zero-order valence-corrected chi connectivity index (χ0v) is 22.8. The van der Waals surface area contributed by atoms with E-state index in [-0.39, 0.29) is 40.8 Å². The lowest BCUT2D eigenvalue weighted by Crippen LogP contribution is -2.45. The van der Waals surface area contributed by atoms with Crippen LogP contribution in [0.3, 0.4) is 0 Å². The Morgan fingerprint density at radius 3 is 1.90 bits per heavy atom. The van der Waals surface area contributed by atoms with Crippen LogP contribution in [0, 0.1) is 5.92 Å². The van der Waals surface area contributed by atoms with Gasteiger partial charge in [-0.1, -0.05) is 41.5 Å². The number of nitrogens with one attached hydrogen (secondary N) is 3. The first kappa shape index (κ1) is 34.5. The summed E-state index contributed by atoms with van der Waals surface area (Å²) in [5, 5.41) is 5.79. The molecule has 0 aromatic rings. The van der Waals surface area contributed by atoms with Gasteiger partial charge in [-0.25, -0.2) is 0 Å². The van der Waals surface area contributed by atoms with Crippen LogP contribution in [0.5, 0.6) is 0 Å². The molecular formula is C23H49N3O4S. The van der Waals surface area contributed by atoms with Gasteiger partial charge < -0.3 is 15.4 Å². The monoisotopic (exact) mass is 463 g/mol. The topological polar surface area (TPSA) is 96.5 Å². The summed E-state index contributed by atoms with van der Waals surface area (Å²) >= 11 is 1.31. The molecule has 8 heteroatoms. The minimum absolute atomic E-state index is 0.0306. The molecule has 186 valence electrons. The highest BCUT2D eigenvalue weighted by Gasteiger charge is 2.23. The standard InChI is InChI=1S/C19H37N3O4S.2C2H6/c1-12(2)17(14(4)23)21-16(24)10-9-15(20-8)18(25)22-27-13(3)11-26-19(5,6)7;2*1-2/h12-13,15,17,20H,9-11H2,1-8H3,(H,21,24)(H,22,25);2*1-2H3. The summed E-state index contributed by atoms with van der Waals surface area (Å²) < 4.78 is 8.52. The fourth-order valence-corrected chi connectivity index (χ4v) is 2.89. The zero-order valence-electron chi connectivity index (χ0n) is 22.0. The molecule has 0 aliphatic rings. The van der Waals surface area contributed by atoms with Crippen LogP contribution in [0.1, 0.15) is 89.0 Å². The lowest BCUT2D eigenvalue weighted by Gasteiger charge is -2.23. The summed E-state index contributed by atoms with van der Waals surface area (Å²) in [6.45, 7) is 21.7. The number of ketones is 1. The molecule has 0 bridgehead atoms. The third-order valence-corrected chi connectivity index (χ3v) is 4.72. The van der Waals surface area contributed by atoms with Crippen LogP contribution in [0.25, 0.3) is 0 Å². The Morgan fingerprint density at radius 1 is 1.00 bits per heavy atom. The van der Waals surface area contributed by atoms with Gasteiger partial charge in [-0.2, -0.15) is 0 Å². The highest BCUT2D eigenvalue weighted by atomic mass is 32.2. The van der Waals surface area contributed by atoms with Gasteiger partial charge >= 0.3 is 0 Å². The second-order valence-electron chi connectivity index (χ2n) is 8.10. The van der Waals surface area contributed by atoms with E-state index in [0.29, 0.717) is 13.0 Å².